The molecule has 0 N–H and O–H groups in total. The van der Waals surface area contributed by atoms with Crippen LogP contribution in [0.15, 0.2) is 0 Å². The number of nitrogens with zero attached hydrogens (tertiary/aromatic N) is 1. The Morgan fingerprint density at radius 2 is 1.77 bits per heavy atom. The van der Waals surface area contributed by atoms with Crippen LogP contribution in [0.4, 0.5) is 0 Å². The molecule has 1 rings (SSSR count). The molecule has 0 amide bonds. The SMILES string of the molecule is CCC1(C)CCN(S(C)(=O)=O)CC1. The van der Waals surface area contributed by atoms with E-state index in [2.05, 4.69) is 13.8 Å². The molecular weight excluding hydrogens is 186 g/mol. The van der Waals surface area contributed by atoms with E-state index in [0.717, 1.165) is 19.3 Å². The molecule has 1 saturated heterocycles. The second-order valence-corrected chi connectivity index (χ2v) is 6.31. The molecule has 0 aliphatic carbocycles. The van der Waals surface area contributed by atoms with Gasteiger partial charge in [-0.2, -0.15) is 0 Å². The maximum Gasteiger partial charge on any atom is 0.211 e. The third-order valence-corrected chi connectivity index (χ3v) is 4.56. The largest absolute Gasteiger partial charge is 0.213 e. The number of sulfonamides is 1. The molecule has 0 atom stereocenters. The summed E-state index contributed by atoms with van der Waals surface area (Å²) in [6.07, 6.45) is 4.43. The summed E-state index contributed by atoms with van der Waals surface area (Å²) in [6, 6.07) is 0. The van der Waals surface area contributed by atoms with Crippen molar-refractivity contribution in [1.82, 2.24) is 4.31 Å². The van der Waals surface area contributed by atoms with E-state index >= 15 is 0 Å². The molecule has 0 saturated carbocycles. The Morgan fingerprint density at radius 1 is 1.31 bits per heavy atom. The van der Waals surface area contributed by atoms with Crippen molar-refractivity contribution in [2.24, 2.45) is 5.41 Å². The minimum Gasteiger partial charge on any atom is -0.213 e. The van der Waals surface area contributed by atoms with Gasteiger partial charge in [0.1, 0.15) is 0 Å². The Labute approximate surface area is 81.2 Å². The predicted molar refractivity (Wildman–Crippen MR) is 54.0 cm³/mol. The van der Waals surface area contributed by atoms with Crippen molar-refractivity contribution in [3.63, 3.8) is 0 Å². The van der Waals surface area contributed by atoms with Gasteiger partial charge in [0.2, 0.25) is 10.0 Å². The van der Waals surface area contributed by atoms with Crippen LogP contribution in [0, 0.1) is 5.41 Å². The molecule has 3 nitrogen and oxygen atoms in total. The van der Waals surface area contributed by atoms with Gasteiger partial charge >= 0.3 is 0 Å². The molecule has 0 spiro atoms. The van der Waals surface area contributed by atoms with Gasteiger partial charge in [-0.1, -0.05) is 20.3 Å². The van der Waals surface area contributed by atoms with E-state index in [1.807, 2.05) is 0 Å². The second-order valence-electron chi connectivity index (χ2n) is 4.33. The summed E-state index contributed by atoms with van der Waals surface area (Å²) in [5.41, 5.74) is 0.362. The average Bonchev–Trinajstić information content (AvgIpc) is 2.04. The molecule has 13 heavy (non-hydrogen) atoms. The van der Waals surface area contributed by atoms with Gasteiger partial charge < -0.3 is 0 Å². The van der Waals surface area contributed by atoms with Gasteiger partial charge in [0.15, 0.2) is 0 Å². The van der Waals surface area contributed by atoms with E-state index in [1.165, 1.54) is 6.26 Å². The third-order valence-electron chi connectivity index (χ3n) is 3.25. The Kier molecular flexibility index (Phi) is 3.02. The van der Waals surface area contributed by atoms with Gasteiger partial charge in [-0.25, -0.2) is 12.7 Å². The van der Waals surface area contributed by atoms with E-state index in [9.17, 15) is 8.42 Å². The Bertz CT molecular complexity index is 263. The van der Waals surface area contributed by atoms with Crippen LogP contribution in [0.2, 0.25) is 0 Å². The van der Waals surface area contributed by atoms with Crippen LogP contribution >= 0.6 is 0 Å². The highest BCUT2D eigenvalue weighted by atomic mass is 32.2. The van der Waals surface area contributed by atoms with Crippen LogP contribution in [-0.2, 0) is 10.0 Å². The van der Waals surface area contributed by atoms with Crippen LogP contribution in [0.5, 0.6) is 0 Å². The summed E-state index contributed by atoms with van der Waals surface area (Å²) in [4.78, 5) is 0. The van der Waals surface area contributed by atoms with E-state index in [-0.39, 0.29) is 0 Å². The fraction of sp³-hybridized carbons (Fsp3) is 1.00. The van der Waals surface area contributed by atoms with Crippen LogP contribution in [0.1, 0.15) is 33.1 Å². The van der Waals surface area contributed by atoms with Crippen LogP contribution in [-0.4, -0.2) is 32.1 Å². The quantitative estimate of drug-likeness (QED) is 0.684. The molecule has 1 aliphatic rings. The van der Waals surface area contributed by atoms with E-state index in [0.29, 0.717) is 18.5 Å². The van der Waals surface area contributed by atoms with Gasteiger partial charge in [0.05, 0.1) is 6.26 Å². The highest BCUT2D eigenvalue weighted by Crippen LogP contribution is 2.34. The summed E-state index contributed by atoms with van der Waals surface area (Å²) in [7, 11) is -2.95. The second kappa shape index (κ2) is 3.58. The molecule has 0 aromatic rings. The highest BCUT2D eigenvalue weighted by molar-refractivity contribution is 7.88. The topological polar surface area (TPSA) is 37.4 Å². The lowest BCUT2D eigenvalue weighted by atomic mass is 9.79. The van der Waals surface area contributed by atoms with E-state index < -0.39 is 10.0 Å². The van der Waals surface area contributed by atoms with Crippen molar-refractivity contribution in [2.75, 3.05) is 19.3 Å². The summed E-state index contributed by atoms with van der Waals surface area (Å²) in [5.74, 6) is 0. The third kappa shape index (κ3) is 2.68. The molecule has 4 heteroatoms. The molecule has 0 radical (unpaired) electrons. The standard InChI is InChI=1S/C9H19NO2S/c1-4-9(2)5-7-10(8-6-9)13(3,11)12/h4-8H2,1-3H3. The van der Waals surface area contributed by atoms with E-state index in [4.69, 9.17) is 0 Å². The Balaban J connectivity index is 2.58. The monoisotopic (exact) mass is 205 g/mol. The summed E-state index contributed by atoms with van der Waals surface area (Å²) in [5, 5.41) is 0. The maximum atomic E-state index is 11.2. The summed E-state index contributed by atoms with van der Waals surface area (Å²) < 4.78 is 24.0. The first-order valence-electron chi connectivity index (χ1n) is 4.82. The first kappa shape index (κ1) is 11.0. The van der Waals surface area contributed by atoms with Crippen molar-refractivity contribution in [1.29, 1.82) is 0 Å². The molecule has 0 unspecified atom stereocenters. The van der Waals surface area contributed by atoms with Crippen molar-refractivity contribution >= 4 is 10.0 Å². The number of piperidine rings is 1. The van der Waals surface area contributed by atoms with Crippen molar-refractivity contribution in [3.05, 3.63) is 0 Å². The minimum absolute atomic E-state index is 0.362. The van der Waals surface area contributed by atoms with Crippen LogP contribution in [0.3, 0.4) is 0 Å². The molecule has 0 aromatic heterocycles. The molecule has 0 bridgehead atoms. The van der Waals surface area contributed by atoms with Gasteiger partial charge in [-0.15, -0.1) is 0 Å². The normalized spacial score (nSPS) is 24.5. The summed E-state index contributed by atoms with van der Waals surface area (Å²) >= 11 is 0. The zero-order valence-corrected chi connectivity index (χ0v) is 9.52. The minimum atomic E-state index is -2.95. The lowest BCUT2D eigenvalue weighted by molar-refractivity contribution is 0.169. The molecule has 78 valence electrons. The van der Waals surface area contributed by atoms with Crippen molar-refractivity contribution < 1.29 is 8.42 Å². The lowest BCUT2D eigenvalue weighted by Crippen LogP contribution is -2.41. The maximum absolute atomic E-state index is 11.2. The highest BCUT2D eigenvalue weighted by Gasteiger charge is 2.31. The number of hydrogen-bond acceptors (Lipinski definition) is 2. The first-order valence-corrected chi connectivity index (χ1v) is 6.67. The van der Waals surface area contributed by atoms with Crippen molar-refractivity contribution in [2.45, 2.75) is 33.1 Å². The van der Waals surface area contributed by atoms with Gasteiger partial charge in [-0.3, -0.25) is 0 Å². The molecule has 1 aliphatic heterocycles. The Hall–Kier alpha value is -0.0900. The van der Waals surface area contributed by atoms with Crippen LogP contribution < -0.4 is 0 Å². The first-order chi connectivity index (χ1) is 5.87. The lowest BCUT2D eigenvalue weighted by Gasteiger charge is -2.37. The summed E-state index contributed by atoms with van der Waals surface area (Å²) in [6.45, 7) is 5.81. The molecule has 0 aromatic carbocycles. The number of hydrogen-bond donors (Lipinski definition) is 0. The molecular formula is C9H19NO2S. The molecule has 1 heterocycles. The molecule has 1 fully saturated rings. The van der Waals surface area contributed by atoms with Gasteiger partial charge in [0.25, 0.3) is 0 Å². The number of rotatable bonds is 2. The zero-order chi connectivity index (χ0) is 10.1. The average molecular weight is 205 g/mol. The van der Waals surface area contributed by atoms with Gasteiger partial charge in [0, 0.05) is 13.1 Å². The fourth-order valence-corrected chi connectivity index (χ4v) is 2.56. The smallest absolute Gasteiger partial charge is 0.211 e. The van der Waals surface area contributed by atoms with Gasteiger partial charge in [-0.05, 0) is 18.3 Å². The van der Waals surface area contributed by atoms with E-state index in [1.54, 1.807) is 4.31 Å². The van der Waals surface area contributed by atoms with Crippen LogP contribution in [0.25, 0.3) is 0 Å². The predicted octanol–water partition coefficient (Wildman–Crippen LogP) is 1.46. The van der Waals surface area contributed by atoms with Crippen molar-refractivity contribution in [3.8, 4) is 0 Å². The zero-order valence-electron chi connectivity index (χ0n) is 8.71. The Morgan fingerprint density at radius 3 is 2.08 bits per heavy atom. The fourth-order valence-electron chi connectivity index (χ4n) is 1.71.